The summed E-state index contributed by atoms with van der Waals surface area (Å²) in [6.07, 6.45) is 3.75. The summed E-state index contributed by atoms with van der Waals surface area (Å²) in [6, 6.07) is 23.4. The lowest BCUT2D eigenvalue weighted by molar-refractivity contribution is 0.197. The molecule has 6 heteroatoms. The summed E-state index contributed by atoms with van der Waals surface area (Å²) < 4.78 is 13.0. The van der Waals surface area contributed by atoms with E-state index in [1.165, 1.54) is 10.1 Å². The molecule has 0 radical (unpaired) electrons. The third kappa shape index (κ3) is 4.28. The highest BCUT2D eigenvalue weighted by molar-refractivity contribution is 5.92. The second kappa shape index (κ2) is 9.45. The van der Waals surface area contributed by atoms with Crippen LogP contribution in [0.5, 0.6) is 11.5 Å². The van der Waals surface area contributed by atoms with Crippen LogP contribution in [0, 0.1) is 0 Å². The number of carboxylic acid groups (broad SMARTS) is 1. The molecule has 172 valence electrons. The number of nitrogens with one attached hydrogen (secondary N) is 1. The molecule has 34 heavy (non-hydrogen) atoms. The van der Waals surface area contributed by atoms with Crippen LogP contribution >= 0.6 is 0 Å². The van der Waals surface area contributed by atoms with Crippen molar-refractivity contribution < 1.29 is 19.4 Å². The average Bonchev–Trinajstić information content (AvgIpc) is 3.25. The molecule has 0 spiro atoms. The van der Waals surface area contributed by atoms with Gasteiger partial charge >= 0.3 is 6.09 Å². The number of carbonyl (C=O) groups is 1. The quantitative estimate of drug-likeness (QED) is 0.394. The molecule has 1 aliphatic rings. The van der Waals surface area contributed by atoms with Crippen molar-refractivity contribution in [3.63, 3.8) is 0 Å². The fraction of sp³-hybridized carbons (Fsp3) is 0.179. The topological polar surface area (TPSA) is 72.7 Å². The number of aromatic nitrogens is 1. The summed E-state index contributed by atoms with van der Waals surface area (Å²) in [5.41, 5.74) is 4.69. The number of hydrogen-bond donors (Lipinski definition) is 2. The van der Waals surface area contributed by atoms with E-state index in [1.807, 2.05) is 78.9 Å². The molecule has 1 aromatic heterocycles. The van der Waals surface area contributed by atoms with Gasteiger partial charge in [-0.1, -0.05) is 54.6 Å². The Morgan fingerprint density at radius 1 is 1.09 bits per heavy atom. The standard InChI is InChI=1S/C28H26N2O4/c1-33-26-17-23-20(16-27(26)34-18-19-7-3-2-4-8-19)13-14-29-24(23)12-11-22-15-21-9-5-6-10-25(21)30(22)28(31)32/h2-12,15-17,24,29H,13-14,18H2,1H3,(H,31,32)/b12-11+. The second-order valence-electron chi connectivity index (χ2n) is 8.26. The van der Waals surface area contributed by atoms with Gasteiger partial charge in [0.25, 0.3) is 0 Å². The van der Waals surface area contributed by atoms with E-state index < -0.39 is 6.09 Å². The monoisotopic (exact) mass is 454 g/mol. The van der Waals surface area contributed by atoms with E-state index in [-0.39, 0.29) is 6.04 Å². The molecular formula is C28H26N2O4. The number of methoxy groups -OCH3 is 1. The van der Waals surface area contributed by atoms with Gasteiger partial charge in [0.1, 0.15) is 6.61 Å². The van der Waals surface area contributed by atoms with Crippen molar-refractivity contribution in [2.45, 2.75) is 19.1 Å². The van der Waals surface area contributed by atoms with Crippen molar-refractivity contribution in [3.05, 3.63) is 101 Å². The van der Waals surface area contributed by atoms with Crippen LogP contribution in [0.15, 0.2) is 78.9 Å². The Balaban J connectivity index is 1.44. The molecule has 5 rings (SSSR count). The van der Waals surface area contributed by atoms with Crippen LogP contribution < -0.4 is 14.8 Å². The van der Waals surface area contributed by atoms with Gasteiger partial charge in [-0.2, -0.15) is 0 Å². The lowest BCUT2D eigenvalue weighted by Crippen LogP contribution is -2.28. The molecule has 1 atom stereocenters. The summed E-state index contributed by atoms with van der Waals surface area (Å²) in [5, 5.41) is 14.2. The lowest BCUT2D eigenvalue weighted by Gasteiger charge is -2.26. The molecule has 2 heterocycles. The molecule has 6 nitrogen and oxygen atoms in total. The number of nitrogens with zero attached hydrogens (tertiary/aromatic N) is 1. The van der Waals surface area contributed by atoms with Gasteiger partial charge in [0, 0.05) is 11.9 Å². The number of benzene rings is 3. The molecule has 1 unspecified atom stereocenters. The largest absolute Gasteiger partial charge is 0.493 e. The third-order valence-corrected chi connectivity index (χ3v) is 6.15. The van der Waals surface area contributed by atoms with E-state index in [0.717, 1.165) is 35.2 Å². The number of hydrogen-bond acceptors (Lipinski definition) is 4. The zero-order valence-electron chi connectivity index (χ0n) is 18.9. The Hall–Kier alpha value is -4.03. The maximum atomic E-state index is 11.9. The van der Waals surface area contributed by atoms with Crippen molar-refractivity contribution in [2.75, 3.05) is 13.7 Å². The Morgan fingerprint density at radius 2 is 1.88 bits per heavy atom. The van der Waals surface area contributed by atoms with Gasteiger partial charge < -0.3 is 19.9 Å². The minimum absolute atomic E-state index is 0.0684. The van der Waals surface area contributed by atoms with Crippen LogP contribution in [0.3, 0.4) is 0 Å². The zero-order valence-corrected chi connectivity index (χ0v) is 18.9. The number of ether oxygens (including phenoxy) is 2. The molecule has 1 aliphatic heterocycles. The molecule has 2 N–H and O–H groups in total. The van der Waals surface area contributed by atoms with Gasteiger partial charge in [-0.25, -0.2) is 9.36 Å². The normalized spacial score (nSPS) is 15.4. The van der Waals surface area contributed by atoms with Crippen LogP contribution in [0.25, 0.3) is 17.0 Å². The van der Waals surface area contributed by atoms with Gasteiger partial charge in [0.15, 0.2) is 11.5 Å². The molecule has 0 fully saturated rings. The van der Waals surface area contributed by atoms with Crippen molar-refractivity contribution >= 4 is 23.1 Å². The van der Waals surface area contributed by atoms with E-state index in [9.17, 15) is 9.90 Å². The lowest BCUT2D eigenvalue weighted by atomic mass is 9.93. The Labute approximate surface area is 198 Å². The minimum atomic E-state index is -1.00. The van der Waals surface area contributed by atoms with Crippen LogP contribution in [-0.4, -0.2) is 29.4 Å². The SMILES string of the molecule is COc1cc2c(cc1OCc1ccccc1)CCNC2/C=C/c1cc2ccccc2n1C(=O)O. The highest BCUT2D eigenvalue weighted by Gasteiger charge is 2.22. The predicted molar refractivity (Wildman–Crippen MR) is 133 cm³/mol. The predicted octanol–water partition coefficient (Wildman–Crippen LogP) is 5.66. The second-order valence-corrected chi connectivity index (χ2v) is 8.26. The Kier molecular flexibility index (Phi) is 6.06. The average molecular weight is 455 g/mol. The summed E-state index contributed by atoms with van der Waals surface area (Å²) in [7, 11) is 1.64. The first-order chi connectivity index (χ1) is 16.6. The van der Waals surface area contributed by atoms with Crippen LogP contribution in [0.4, 0.5) is 4.79 Å². The first-order valence-corrected chi connectivity index (χ1v) is 11.3. The van der Waals surface area contributed by atoms with Gasteiger partial charge in [-0.3, -0.25) is 0 Å². The molecule has 0 aliphatic carbocycles. The van der Waals surface area contributed by atoms with Gasteiger partial charge in [-0.15, -0.1) is 0 Å². The van der Waals surface area contributed by atoms with Gasteiger partial charge in [-0.05, 0) is 53.5 Å². The minimum Gasteiger partial charge on any atom is -0.493 e. The van der Waals surface area contributed by atoms with Crippen LogP contribution in [-0.2, 0) is 13.0 Å². The molecule has 0 amide bonds. The van der Waals surface area contributed by atoms with Crippen molar-refractivity contribution in [1.29, 1.82) is 0 Å². The summed E-state index contributed by atoms with van der Waals surface area (Å²) >= 11 is 0. The highest BCUT2D eigenvalue weighted by Crippen LogP contribution is 2.36. The van der Waals surface area contributed by atoms with Gasteiger partial charge in [0.05, 0.1) is 24.4 Å². The maximum absolute atomic E-state index is 11.9. The Bertz CT molecular complexity index is 1360. The highest BCUT2D eigenvalue weighted by atomic mass is 16.5. The van der Waals surface area contributed by atoms with Crippen molar-refractivity contribution in [1.82, 2.24) is 9.88 Å². The third-order valence-electron chi connectivity index (χ3n) is 6.15. The van der Waals surface area contributed by atoms with Crippen LogP contribution in [0.1, 0.15) is 28.4 Å². The van der Waals surface area contributed by atoms with Crippen molar-refractivity contribution in [2.24, 2.45) is 0 Å². The van der Waals surface area contributed by atoms with E-state index in [2.05, 4.69) is 11.4 Å². The fourth-order valence-electron chi connectivity index (χ4n) is 4.48. The summed E-state index contributed by atoms with van der Waals surface area (Å²) in [6.45, 7) is 1.28. The molecule has 3 aromatic carbocycles. The number of para-hydroxylation sites is 1. The number of rotatable bonds is 6. The van der Waals surface area contributed by atoms with Crippen LogP contribution in [0.2, 0.25) is 0 Å². The first-order valence-electron chi connectivity index (χ1n) is 11.3. The molecule has 0 saturated carbocycles. The van der Waals surface area contributed by atoms with E-state index in [0.29, 0.717) is 23.6 Å². The molecule has 0 saturated heterocycles. The smallest absolute Gasteiger partial charge is 0.416 e. The van der Waals surface area contributed by atoms with Gasteiger partial charge in [0.2, 0.25) is 0 Å². The summed E-state index contributed by atoms with van der Waals surface area (Å²) in [4.78, 5) is 11.9. The van der Waals surface area contributed by atoms with E-state index in [1.54, 1.807) is 7.11 Å². The van der Waals surface area contributed by atoms with E-state index >= 15 is 0 Å². The summed E-state index contributed by atoms with van der Waals surface area (Å²) in [5.74, 6) is 1.40. The number of fused-ring (bicyclic) bond motifs is 2. The molecule has 4 aromatic rings. The zero-order chi connectivity index (χ0) is 23.5. The van der Waals surface area contributed by atoms with E-state index in [4.69, 9.17) is 9.47 Å². The molecular weight excluding hydrogens is 428 g/mol. The maximum Gasteiger partial charge on any atom is 0.416 e. The fourth-order valence-corrected chi connectivity index (χ4v) is 4.48. The van der Waals surface area contributed by atoms with Crippen molar-refractivity contribution in [3.8, 4) is 11.5 Å². The molecule has 0 bridgehead atoms. The Morgan fingerprint density at radius 3 is 2.68 bits per heavy atom. The first kappa shape index (κ1) is 21.8.